The second-order valence-corrected chi connectivity index (χ2v) is 18.9. The molecule has 0 spiro atoms. The van der Waals surface area contributed by atoms with Crippen molar-refractivity contribution < 1.29 is 33.0 Å². The summed E-state index contributed by atoms with van der Waals surface area (Å²) >= 11 is 1.13. The summed E-state index contributed by atoms with van der Waals surface area (Å²) in [5, 5.41) is 9.35. The van der Waals surface area contributed by atoms with Gasteiger partial charge in [-0.2, -0.15) is 0 Å². The molecule has 1 unspecified atom stereocenters. The number of amides is 1. The second kappa shape index (κ2) is 11.0. The molecule has 1 heterocycles. The molecule has 0 saturated heterocycles. The number of alkyl halides is 1. The summed E-state index contributed by atoms with van der Waals surface area (Å²) in [5.74, 6) is -2.42. The predicted octanol–water partition coefficient (Wildman–Crippen LogP) is 5.62. The summed E-state index contributed by atoms with van der Waals surface area (Å²) in [7, 11) is -1.42. The van der Waals surface area contributed by atoms with Crippen molar-refractivity contribution in [2.75, 3.05) is 25.7 Å². The van der Waals surface area contributed by atoms with Crippen LogP contribution >= 0.6 is 11.8 Å². The molecular formula is C26H37F2N3O5SSi. The molecule has 1 aromatic carbocycles. The summed E-state index contributed by atoms with van der Waals surface area (Å²) in [5.41, 5.74) is 3.56. The molecule has 1 amide bonds. The Hall–Kier alpha value is -2.44. The molecule has 3 atom stereocenters. The first-order chi connectivity index (χ1) is 17.5. The minimum Gasteiger partial charge on any atom is -0.478 e. The average Bonchev–Trinajstić information content (AvgIpc) is 3.52. The van der Waals surface area contributed by atoms with E-state index in [4.69, 9.17) is 15.2 Å². The molecule has 1 fully saturated rings. The van der Waals surface area contributed by atoms with Crippen molar-refractivity contribution in [3.05, 3.63) is 41.7 Å². The van der Waals surface area contributed by atoms with Gasteiger partial charge in [0.05, 0.1) is 0 Å². The van der Waals surface area contributed by atoms with Crippen LogP contribution in [0.1, 0.15) is 32.8 Å². The predicted molar refractivity (Wildman–Crippen MR) is 148 cm³/mol. The number of ether oxygens (including phenoxy) is 2. The van der Waals surface area contributed by atoms with Crippen LogP contribution in [0.5, 0.6) is 0 Å². The van der Waals surface area contributed by atoms with Crippen LogP contribution in [0.2, 0.25) is 25.7 Å². The van der Waals surface area contributed by atoms with Gasteiger partial charge in [0.25, 0.3) is 0 Å². The van der Waals surface area contributed by atoms with Crippen molar-refractivity contribution in [3.63, 3.8) is 0 Å². The molecule has 38 heavy (non-hydrogen) atoms. The molecule has 2 aliphatic rings. The number of aliphatic carboxylic acids is 1. The first-order valence-corrected chi connectivity index (χ1v) is 16.9. The Balaban J connectivity index is 2.10. The van der Waals surface area contributed by atoms with Gasteiger partial charge in [-0.3, -0.25) is 0 Å². The number of nitrogen functional groups attached to an aromatic ring is 1. The van der Waals surface area contributed by atoms with E-state index in [-0.39, 0.29) is 23.1 Å². The number of hydrogen-bond donors (Lipinski definition) is 2. The SMILES string of the molecule is CC(C)(C)OC(=O)N(COCC[Si](C)(C)C)C1=N[C@](CF)(c2cc(N)ccc2F)C2C[C@]2(/C=C/C(=O)O)S1. The number of carbonyl (C=O) groups excluding carboxylic acids is 1. The van der Waals surface area contributed by atoms with Crippen molar-refractivity contribution in [1.82, 2.24) is 4.90 Å². The maximum absolute atomic E-state index is 15.1. The molecule has 1 aliphatic carbocycles. The van der Waals surface area contributed by atoms with Crippen LogP contribution < -0.4 is 5.73 Å². The molecule has 0 bridgehead atoms. The quantitative estimate of drug-likeness (QED) is 0.130. The summed E-state index contributed by atoms with van der Waals surface area (Å²) in [6, 6.07) is 4.72. The van der Waals surface area contributed by atoms with Gasteiger partial charge < -0.3 is 20.3 Å². The average molecular weight is 570 g/mol. The number of aliphatic imine (C=N–C) groups is 1. The maximum Gasteiger partial charge on any atom is 0.418 e. The Bertz CT molecular complexity index is 1140. The Morgan fingerprint density at radius 1 is 1.34 bits per heavy atom. The third-order valence-corrected chi connectivity index (χ3v) is 9.50. The summed E-state index contributed by atoms with van der Waals surface area (Å²) in [6.45, 7) is 10.9. The lowest BCUT2D eigenvalue weighted by Crippen LogP contribution is -2.46. The van der Waals surface area contributed by atoms with Crippen molar-refractivity contribution in [2.24, 2.45) is 10.9 Å². The van der Waals surface area contributed by atoms with Gasteiger partial charge in [0, 0.05) is 42.7 Å². The first-order valence-electron chi connectivity index (χ1n) is 12.4. The number of thioether (sulfide) groups is 1. The molecule has 12 heteroatoms. The number of halogens is 2. The highest BCUT2D eigenvalue weighted by Crippen LogP contribution is 2.67. The molecular weight excluding hydrogens is 532 g/mol. The van der Waals surface area contributed by atoms with Crippen LogP contribution in [0, 0.1) is 11.7 Å². The summed E-state index contributed by atoms with van der Waals surface area (Å²) < 4.78 is 40.8. The highest BCUT2D eigenvalue weighted by Gasteiger charge is 2.68. The Morgan fingerprint density at radius 2 is 2.03 bits per heavy atom. The third-order valence-electron chi connectivity index (χ3n) is 6.34. The lowest BCUT2D eigenvalue weighted by atomic mass is 9.84. The van der Waals surface area contributed by atoms with E-state index in [2.05, 4.69) is 24.6 Å². The van der Waals surface area contributed by atoms with Crippen LogP contribution in [0.25, 0.3) is 0 Å². The van der Waals surface area contributed by atoms with E-state index in [1.54, 1.807) is 20.8 Å². The Morgan fingerprint density at radius 3 is 2.61 bits per heavy atom. The molecule has 1 aromatic rings. The second-order valence-electron chi connectivity index (χ2n) is 11.9. The molecule has 1 saturated carbocycles. The van der Waals surface area contributed by atoms with Crippen LogP contribution in [-0.4, -0.2) is 65.7 Å². The minimum absolute atomic E-state index is 0.0443. The van der Waals surface area contributed by atoms with Gasteiger partial charge in [-0.25, -0.2) is 28.3 Å². The standard InChI is InChI=1S/C26H37F2N3O5SSi/c1-24(2,3)36-23(34)31(16-35-11-12-38(4,5)6)22-30-26(15-27,18-13-17(29)7-8-19(18)28)20-14-25(20,37-22)10-9-21(32)33/h7-10,13,20H,11-12,14-16,29H2,1-6H3,(H,32,33)/b10-9+/t20?,25-,26+/m0/s1. The van der Waals surface area contributed by atoms with Gasteiger partial charge in [-0.15, -0.1) is 0 Å². The number of amidine groups is 1. The molecule has 0 aromatic heterocycles. The zero-order valence-electron chi connectivity index (χ0n) is 22.7. The number of fused-ring (bicyclic) bond motifs is 1. The van der Waals surface area contributed by atoms with Gasteiger partial charge in [0.2, 0.25) is 0 Å². The van der Waals surface area contributed by atoms with E-state index in [0.717, 1.165) is 29.9 Å². The lowest BCUT2D eigenvalue weighted by Gasteiger charge is -2.38. The maximum atomic E-state index is 15.1. The number of nitrogens with zero attached hydrogens (tertiary/aromatic N) is 2. The largest absolute Gasteiger partial charge is 0.478 e. The van der Waals surface area contributed by atoms with Gasteiger partial charge in [0.15, 0.2) is 5.17 Å². The minimum atomic E-state index is -1.72. The fourth-order valence-corrected chi connectivity index (χ4v) is 6.55. The molecule has 210 valence electrons. The molecule has 0 radical (unpaired) electrons. The topological polar surface area (TPSA) is 114 Å². The molecule has 8 nitrogen and oxygen atoms in total. The third kappa shape index (κ3) is 6.95. The number of carboxylic acid groups (broad SMARTS) is 1. The van der Waals surface area contributed by atoms with Crippen molar-refractivity contribution in [1.29, 1.82) is 0 Å². The van der Waals surface area contributed by atoms with E-state index in [0.29, 0.717) is 13.0 Å². The zero-order valence-corrected chi connectivity index (χ0v) is 24.5. The van der Waals surface area contributed by atoms with Crippen molar-refractivity contribution in [2.45, 2.75) is 68.8 Å². The first kappa shape index (κ1) is 30.1. The smallest absolute Gasteiger partial charge is 0.418 e. The van der Waals surface area contributed by atoms with Crippen molar-refractivity contribution in [3.8, 4) is 0 Å². The van der Waals surface area contributed by atoms with Crippen molar-refractivity contribution >= 4 is 42.8 Å². The number of carboxylic acids is 1. The number of hydrogen-bond acceptors (Lipinski definition) is 7. The summed E-state index contributed by atoms with van der Waals surface area (Å²) in [4.78, 5) is 30.5. The van der Waals surface area contributed by atoms with Gasteiger partial charge in [-0.1, -0.05) is 37.5 Å². The summed E-state index contributed by atoms with van der Waals surface area (Å²) in [6.07, 6.45) is 2.02. The number of anilines is 1. The highest BCUT2D eigenvalue weighted by molar-refractivity contribution is 8.15. The fraction of sp³-hybridized carbons (Fsp3) is 0.577. The molecule has 3 rings (SSSR count). The van der Waals surface area contributed by atoms with Crippen LogP contribution in [-0.2, 0) is 19.8 Å². The van der Waals surface area contributed by atoms with E-state index < -0.39 is 54.4 Å². The van der Waals surface area contributed by atoms with Gasteiger partial charge in [-0.05, 0) is 51.4 Å². The van der Waals surface area contributed by atoms with E-state index >= 15 is 8.78 Å². The van der Waals surface area contributed by atoms with Crippen LogP contribution in [0.4, 0.5) is 19.3 Å². The number of rotatable bonds is 9. The zero-order chi connectivity index (χ0) is 28.5. The van der Waals surface area contributed by atoms with E-state index in [1.165, 1.54) is 23.1 Å². The molecule has 3 N–H and O–H groups in total. The number of benzene rings is 1. The highest BCUT2D eigenvalue weighted by atomic mass is 32.2. The number of carbonyl (C=O) groups is 2. The van der Waals surface area contributed by atoms with E-state index in [9.17, 15) is 14.7 Å². The van der Waals surface area contributed by atoms with Crippen LogP contribution in [0.15, 0.2) is 35.3 Å². The number of nitrogens with two attached hydrogens (primary N) is 1. The van der Waals surface area contributed by atoms with Crippen LogP contribution in [0.3, 0.4) is 0 Å². The molecule has 1 aliphatic heterocycles. The lowest BCUT2D eigenvalue weighted by molar-refractivity contribution is -0.131. The Kier molecular flexibility index (Phi) is 8.69. The monoisotopic (exact) mass is 569 g/mol. The fourth-order valence-electron chi connectivity index (χ4n) is 4.29. The van der Waals surface area contributed by atoms with Gasteiger partial charge >= 0.3 is 12.1 Å². The Labute approximate surface area is 227 Å². The van der Waals surface area contributed by atoms with Gasteiger partial charge in [0.1, 0.15) is 30.4 Å². The normalized spacial score (nSPS) is 25.1. The van der Waals surface area contributed by atoms with E-state index in [1.807, 2.05) is 0 Å².